The van der Waals surface area contributed by atoms with Crippen LogP contribution in [-0.4, -0.2) is 6.04 Å². The summed E-state index contributed by atoms with van der Waals surface area (Å²) in [4.78, 5) is 0. The minimum absolute atomic E-state index is 0.529. The van der Waals surface area contributed by atoms with E-state index in [1.54, 1.807) is 0 Å². The van der Waals surface area contributed by atoms with E-state index in [1.165, 1.54) is 25.7 Å². The van der Waals surface area contributed by atoms with E-state index in [2.05, 4.69) is 33.1 Å². The third-order valence-electron chi connectivity index (χ3n) is 4.94. The van der Waals surface area contributed by atoms with Crippen molar-refractivity contribution < 1.29 is 0 Å². The molecule has 4 atom stereocenters. The normalized spacial score (nSPS) is 44.1. The Labute approximate surface area is 100 Å². The van der Waals surface area contributed by atoms with Gasteiger partial charge in [0.15, 0.2) is 0 Å². The van der Waals surface area contributed by atoms with Gasteiger partial charge in [0.25, 0.3) is 0 Å². The van der Waals surface area contributed by atoms with E-state index in [-0.39, 0.29) is 0 Å². The second-order valence-electron chi connectivity index (χ2n) is 7.17. The van der Waals surface area contributed by atoms with Crippen molar-refractivity contribution in [1.82, 2.24) is 5.43 Å². The van der Waals surface area contributed by atoms with Crippen LogP contribution >= 0.6 is 0 Å². The summed E-state index contributed by atoms with van der Waals surface area (Å²) in [5, 5.41) is 0. The number of nitrogens with one attached hydrogen (secondary N) is 1. The van der Waals surface area contributed by atoms with Crippen LogP contribution in [0.1, 0.15) is 53.4 Å². The van der Waals surface area contributed by atoms with Crippen molar-refractivity contribution in [2.24, 2.45) is 34.9 Å². The third kappa shape index (κ3) is 2.43. The van der Waals surface area contributed by atoms with Crippen LogP contribution < -0.4 is 11.3 Å². The van der Waals surface area contributed by atoms with Crippen molar-refractivity contribution in [2.45, 2.75) is 59.4 Å². The summed E-state index contributed by atoms with van der Waals surface area (Å²) in [7, 11) is 0. The summed E-state index contributed by atoms with van der Waals surface area (Å²) < 4.78 is 0. The summed E-state index contributed by atoms with van der Waals surface area (Å²) in [5.74, 6) is 9.18. The molecule has 16 heavy (non-hydrogen) atoms. The van der Waals surface area contributed by atoms with E-state index in [1.807, 2.05) is 0 Å². The first-order chi connectivity index (χ1) is 7.44. The predicted octanol–water partition coefficient (Wildman–Crippen LogP) is 2.94. The Morgan fingerprint density at radius 3 is 2.00 bits per heavy atom. The lowest BCUT2D eigenvalue weighted by Gasteiger charge is -2.37. The van der Waals surface area contributed by atoms with Crippen LogP contribution in [0, 0.1) is 29.1 Å². The van der Waals surface area contributed by atoms with Crippen LogP contribution in [0.15, 0.2) is 0 Å². The molecule has 2 rings (SSSR count). The molecule has 0 aromatic heterocycles. The highest BCUT2D eigenvalue weighted by molar-refractivity contribution is 5.04. The van der Waals surface area contributed by atoms with Gasteiger partial charge in [0.1, 0.15) is 0 Å². The van der Waals surface area contributed by atoms with Gasteiger partial charge in [0, 0.05) is 6.04 Å². The van der Waals surface area contributed by atoms with Gasteiger partial charge in [-0.1, -0.05) is 27.7 Å². The fourth-order valence-electron chi connectivity index (χ4n) is 4.00. The van der Waals surface area contributed by atoms with Gasteiger partial charge in [0.2, 0.25) is 0 Å². The van der Waals surface area contributed by atoms with Crippen LogP contribution in [0.25, 0.3) is 0 Å². The minimum Gasteiger partial charge on any atom is -0.271 e. The van der Waals surface area contributed by atoms with Crippen LogP contribution in [0.4, 0.5) is 0 Å². The molecule has 4 unspecified atom stereocenters. The Balaban J connectivity index is 1.99. The largest absolute Gasteiger partial charge is 0.271 e. The molecule has 2 fully saturated rings. The SMILES string of the molecule is CC1CC(C)CC(C(NN)C2CC2(C)C)C1. The summed E-state index contributed by atoms with van der Waals surface area (Å²) in [6, 6.07) is 0.556. The molecule has 2 heteroatoms. The van der Waals surface area contributed by atoms with Crippen molar-refractivity contribution in [1.29, 1.82) is 0 Å². The zero-order chi connectivity index (χ0) is 11.9. The topological polar surface area (TPSA) is 38.0 Å². The number of hydrogen-bond acceptors (Lipinski definition) is 2. The summed E-state index contributed by atoms with van der Waals surface area (Å²) in [6.45, 7) is 9.54. The average molecular weight is 224 g/mol. The molecule has 0 aliphatic heterocycles. The fraction of sp³-hybridized carbons (Fsp3) is 1.00. The summed E-state index contributed by atoms with van der Waals surface area (Å²) >= 11 is 0. The standard InChI is InChI=1S/C14H28N2/c1-9-5-10(2)7-11(6-9)13(16-15)12-8-14(12,3)4/h9-13,16H,5-8,15H2,1-4H3. The van der Waals surface area contributed by atoms with Crippen molar-refractivity contribution in [3.8, 4) is 0 Å². The first kappa shape index (κ1) is 12.4. The van der Waals surface area contributed by atoms with Crippen molar-refractivity contribution in [2.75, 3.05) is 0 Å². The number of hydrogen-bond donors (Lipinski definition) is 2. The van der Waals surface area contributed by atoms with Crippen molar-refractivity contribution in [3.05, 3.63) is 0 Å². The maximum absolute atomic E-state index is 5.81. The highest BCUT2D eigenvalue weighted by Crippen LogP contribution is 2.56. The van der Waals surface area contributed by atoms with E-state index in [0.29, 0.717) is 11.5 Å². The zero-order valence-electron chi connectivity index (χ0n) is 11.3. The van der Waals surface area contributed by atoms with Crippen LogP contribution in [0.2, 0.25) is 0 Å². The Hall–Kier alpha value is -0.0800. The molecular weight excluding hydrogens is 196 g/mol. The van der Waals surface area contributed by atoms with Gasteiger partial charge < -0.3 is 0 Å². The van der Waals surface area contributed by atoms with Crippen molar-refractivity contribution in [3.63, 3.8) is 0 Å². The number of rotatable bonds is 3. The molecule has 2 saturated carbocycles. The molecule has 0 bridgehead atoms. The second-order valence-corrected chi connectivity index (χ2v) is 7.17. The van der Waals surface area contributed by atoms with Gasteiger partial charge in [-0.2, -0.15) is 0 Å². The van der Waals surface area contributed by atoms with E-state index in [9.17, 15) is 0 Å². The molecule has 3 N–H and O–H groups in total. The maximum Gasteiger partial charge on any atom is 0.0272 e. The maximum atomic E-state index is 5.81. The average Bonchev–Trinajstić information content (AvgIpc) is 2.74. The summed E-state index contributed by atoms with van der Waals surface area (Å²) in [6.07, 6.45) is 5.49. The lowest BCUT2D eigenvalue weighted by Crippen LogP contribution is -2.45. The molecule has 0 radical (unpaired) electrons. The highest BCUT2D eigenvalue weighted by atomic mass is 15.2. The molecule has 0 amide bonds. The molecule has 2 aliphatic carbocycles. The first-order valence-electron chi connectivity index (χ1n) is 6.90. The smallest absolute Gasteiger partial charge is 0.0272 e. The highest BCUT2D eigenvalue weighted by Gasteiger charge is 2.52. The Bertz CT molecular complexity index is 239. The van der Waals surface area contributed by atoms with E-state index in [4.69, 9.17) is 5.84 Å². The second kappa shape index (κ2) is 4.30. The van der Waals surface area contributed by atoms with Gasteiger partial charge in [-0.15, -0.1) is 0 Å². The van der Waals surface area contributed by atoms with Crippen LogP contribution in [-0.2, 0) is 0 Å². The molecule has 94 valence electrons. The van der Waals surface area contributed by atoms with E-state index in [0.717, 1.165) is 23.7 Å². The lowest BCUT2D eigenvalue weighted by molar-refractivity contribution is 0.158. The van der Waals surface area contributed by atoms with Gasteiger partial charge in [0.05, 0.1) is 0 Å². The molecule has 2 nitrogen and oxygen atoms in total. The number of nitrogens with two attached hydrogens (primary N) is 1. The lowest BCUT2D eigenvalue weighted by atomic mass is 9.72. The fourth-order valence-corrected chi connectivity index (χ4v) is 4.00. The quantitative estimate of drug-likeness (QED) is 0.571. The molecule has 0 saturated heterocycles. The zero-order valence-corrected chi connectivity index (χ0v) is 11.3. The van der Waals surface area contributed by atoms with Gasteiger partial charge in [-0.05, 0) is 54.8 Å². The van der Waals surface area contributed by atoms with Gasteiger partial charge in [-0.25, -0.2) is 0 Å². The van der Waals surface area contributed by atoms with Gasteiger partial charge in [-0.3, -0.25) is 11.3 Å². The van der Waals surface area contributed by atoms with Gasteiger partial charge >= 0.3 is 0 Å². The minimum atomic E-state index is 0.529. The molecule has 0 heterocycles. The Kier molecular flexibility index (Phi) is 3.33. The molecule has 0 spiro atoms. The Morgan fingerprint density at radius 2 is 1.62 bits per heavy atom. The molecule has 0 aromatic rings. The first-order valence-corrected chi connectivity index (χ1v) is 6.90. The monoisotopic (exact) mass is 224 g/mol. The molecule has 0 aromatic carbocycles. The molecular formula is C14H28N2. The van der Waals surface area contributed by atoms with Crippen molar-refractivity contribution >= 4 is 0 Å². The summed E-state index contributed by atoms with van der Waals surface area (Å²) in [5.41, 5.74) is 3.66. The third-order valence-corrected chi connectivity index (χ3v) is 4.94. The molecule has 2 aliphatic rings. The van der Waals surface area contributed by atoms with Crippen LogP contribution in [0.5, 0.6) is 0 Å². The van der Waals surface area contributed by atoms with E-state index < -0.39 is 0 Å². The van der Waals surface area contributed by atoms with E-state index >= 15 is 0 Å². The van der Waals surface area contributed by atoms with Crippen LogP contribution in [0.3, 0.4) is 0 Å². The predicted molar refractivity (Wildman–Crippen MR) is 68.7 cm³/mol. The number of hydrazine groups is 1. The Morgan fingerprint density at radius 1 is 1.12 bits per heavy atom.